The van der Waals surface area contributed by atoms with Crippen molar-refractivity contribution in [1.29, 1.82) is 0 Å². The maximum atomic E-state index is 13.1. The Hall–Kier alpha value is -3.54. The van der Waals surface area contributed by atoms with Gasteiger partial charge in [-0.3, -0.25) is 19.7 Å². The first-order valence-corrected chi connectivity index (χ1v) is 8.72. The van der Waals surface area contributed by atoms with Gasteiger partial charge in [0.1, 0.15) is 0 Å². The number of hydrogen-bond donors (Lipinski definition) is 1. The number of rotatable bonds is 2. The minimum Gasteiger partial charge on any atom is -0.358 e. The Bertz CT molecular complexity index is 1110. The molecule has 0 radical (unpaired) electrons. The quantitative estimate of drug-likeness (QED) is 0.655. The SMILES string of the molecule is O=C1CCC2=C1C(c1ccc([N+](=O)[O-])cc1)C1=C(N2)c2ccccc2C1=O. The fourth-order valence-electron chi connectivity index (χ4n) is 4.27. The average Bonchev–Trinajstić information content (AvgIpc) is 3.19. The molecule has 27 heavy (non-hydrogen) atoms. The number of dihydropyridines is 1. The third-order valence-corrected chi connectivity index (χ3v) is 5.47. The van der Waals surface area contributed by atoms with Crippen molar-refractivity contribution in [2.45, 2.75) is 18.8 Å². The smallest absolute Gasteiger partial charge is 0.269 e. The highest BCUT2D eigenvalue weighted by molar-refractivity contribution is 6.23. The molecule has 0 bridgehead atoms. The van der Waals surface area contributed by atoms with Crippen LogP contribution in [0.25, 0.3) is 5.70 Å². The molecule has 2 aromatic carbocycles. The Balaban J connectivity index is 1.71. The molecule has 2 aliphatic carbocycles. The number of nitrogens with zero attached hydrogens (tertiary/aromatic N) is 1. The molecule has 0 fully saturated rings. The lowest BCUT2D eigenvalue weighted by Gasteiger charge is -2.27. The van der Waals surface area contributed by atoms with Crippen LogP contribution in [-0.4, -0.2) is 16.5 Å². The van der Waals surface area contributed by atoms with E-state index in [9.17, 15) is 19.7 Å². The van der Waals surface area contributed by atoms with Crippen molar-refractivity contribution in [3.63, 3.8) is 0 Å². The number of nitro benzene ring substituents is 1. The summed E-state index contributed by atoms with van der Waals surface area (Å²) in [4.78, 5) is 36.3. The molecule has 1 heterocycles. The minimum absolute atomic E-state index is 0.0186. The zero-order valence-electron chi connectivity index (χ0n) is 14.2. The van der Waals surface area contributed by atoms with Crippen molar-refractivity contribution >= 4 is 23.0 Å². The van der Waals surface area contributed by atoms with Gasteiger partial charge in [0.15, 0.2) is 11.6 Å². The van der Waals surface area contributed by atoms with E-state index in [1.807, 2.05) is 18.2 Å². The van der Waals surface area contributed by atoms with Crippen LogP contribution in [0.1, 0.15) is 40.2 Å². The van der Waals surface area contributed by atoms with Crippen molar-refractivity contribution in [3.05, 3.63) is 92.2 Å². The molecule has 6 nitrogen and oxygen atoms in total. The van der Waals surface area contributed by atoms with Crippen LogP contribution in [0, 0.1) is 10.1 Å². The van der Waals surface area contributed by atoms with E-state index in [1.54, 1.807) is 18.2 Å². The molecule has 132 valence electrons. The van der Waals surface area contributed by atoms with Gasteiger partial charge < -0.3 is 5.32 Å². The Morgan fingerprint density at radius 3 is 2.33 bits per heavy atom. The summed E-state index contributed by atoms with van der Waals surface area (Å²) in [5, 5.41) is 14.3. The summed E-state index contributed by atoms with van der Waals surface area (Å²) in [5.74, 6) is -0.564. The number of ketones is 2. The lowest BCUT2D eigenvalue weighted by Crippen LogP contribution is -2.25. The molecule has 1 aliphatic heterocycles. The Morgan fingerprint density at radius 2 is 1.63 bits per heavy atom. The lowest BCUT2D eigenvalue weighted by atomic mass is 9.80. The summed E-state index contributed by atoms with van der Waals surface area (Å²) >= 11 is 0. The summed E-state index contributed by atoms with van der Waals surface area (Å²) < 4.78 is 0. The number of benzene rings is 2. The van der Waals surface area contributed by atoms with E-state index in [0.717, 1.165) is 22.5 Å². The molecule has 0 saturated heterocycles. The number of nitro groups is 1. The van der Waals surface area contributed by atoms with Gasteiger partial charge in [-0.05, 0) is 12.0 Å². The van der Waals surface area contributed by atoms with Crippen LogP contribution in [-0.2, 0) is 4.79 Å². The number of allylic oxidation sites excluding steroid dienone is 3. The number of fused-ring (bicyclic) bond motifs is 2. The molecule has 3 aliphatic rings. The zero-order valence-corrected chi connectivity index (χ0v) is 14.2. The number of nitrogens with one attached hydrogen (secondary N) is 1. The van der Waals surface area contributed by atoms with E-state index < -0.39 is 10.8 Å². The highest BCUT2D eigenvalue weighted by atomic mass is 16.6. The van der Waals surface area contributed by atoms with Gasteiger partial charge in [-0.25, -0.2) is 0 Å². The van der Waals surface area contributed by atoms with Gasteiger partial charge in [0, 0.05) is 52.4 Å². The van der Waals surface area contributed by atoms with Gasteiger partial charge in [0.2, 0.25) is 0 Å². The van der Waals surface area contributed by atoms with Crippen LogP contribution >= 0.6 is 0 Å². The normalized spacial score (nSPS) is 20.4. The van der Waals surface area contributed by atoms with Crippen molar-refractivity contribution in [2.75, 3.05) is 0 Å². The summed E-state index contributed by atoms with van der Waals surface area (Å²) in [6.45, 7) is 0. The van der Waals surface area contributed by atoms with Crippen LogP contribution < -0.4 is 5.32 Å². The summed E-state index contributed by atoms with van der Waals surface area (Å²) in [5.41, 5.74) is 4.95. The molecule has 0 amide bonds. The maximum absolute atomic E-state index is 13.1. The van der Waals surface area contributed by atoms with Crippen LogP contribution in [0.2, 0.25) is 0 Å². The van der Waals surface area contributed by atoms with Gasteiger partial charge in [-0.1, -0.05) is 36.4 Å². The number of non-ortho nitro benzene ring substituents is 1. The van der Waals surface area contributed by atoms with E-state index in [2.05, 4.69) is 5.32 Å². The lowest BCUT2D eigenvalue weighted by molar-refractivity contribution is -0.384. The standard InChI is InChI=1S/C21H14N2O4/c24-16-10-9-15-18(16)17(11-5-7-12(8-6-11)23(26)27)19-20(22-15)13-3-1-2-4-14(13)21(19)25/h1-8,17,22H,9-10H2. The van der Waals surface area contributed by atoms with E-state index in [-0.39, 0.29) is 17.3 Å². The molecule has 2 aromatic rings. The fourth-order valence-corrected chi connectivity index (χ4v) is 4.27. The molecule has 0 spiro atoms. The molecule has 1 atom stereocenters. The highest BCUT2D eigenvalue weighted by Gasteiger charge is 2.44. The number of Topliss-reactive ketones (excluding diaryl/α,β-unsaturated/α-hetero) is 2. The van der Waals surface area contributed by atoms with E-state index >= 15 is 0 Å². The minimum atomic E-state index is -0.494. The molecule has 1 N–H and O–H groups in total. The fraction of sp³-hybridized carbons (Fsp3) is 0.143. The molecule has 0 saturated carbocycles. The highest BCUT2D eigenvalue weighted by Crippen LogP contribution is 2.49. The van der Waals surface area contributed by atoms with Crippen LogP contribution in [0.5, 0.6) is 0 Å². The van der Waals surface area contributed by atoms with Crippen LogP contribution in [0.3, 0.4) is 0 Å². The number of carbonyl (C=O) groups excluding carboxylic acids is 2. The van der Waals surface area contributed by atoms with Gasteiger partial charge in [-0.15, -0.1) is 0 Å². The first-order chi connectivity index (χ1) is 13.1. The van der Waals surface area contributed by atoms with Crippen molar-refractivity contribution < 1.29 is 14.5 Å². The Kier molecular flexibility index (Phi) is 3.18. The van der Waals surface area contributed by atoms with Crippen LogP contribution in [0.15, 0.2) is 65.4 Å². The second-order valence-corrected chi connectivity index (χ2v) is 6.89. The Morgan fingerprint density at radius 1 is 0.926 bits per heavy atom. The van der Waals surface area contributed by atoms with Gasteiger partial charge in [0.25, 0.3) is 5.69 Å². The van der Waals surface area contributed by atoms with Crippen molar-refractivity contribution in [3.8, 4) is 0 Å². The third kappa shape index (κ3) is 2.13. The van der Waals surface area contributed by atoms with Gasteiger partial charge in [0.05, 0.1) is 10.6 Å². The second kappa shape index (κ2) is 5.48. The third-order valence-electron chi connectivity index (χ3n) is 5.47. The van der Waals surface area contributed by atoms with E-state index in [4.69, 9.17) is 0 Å². The Labute approximate surface area is 154 Å². The average molecular weight is 358 g/mol. The number of carbonyl (C=O) groups is 2. The summed E-state index contributed by atoms with van der Waals surface area (Å²) in [7, 11) is 0. The van der Waals surface area contributed by atoms with Crippen molar-refractivity contribution in [1.82, 2.24) is 5.32 Å². The number of hydrogen-bond acceptors (Lipinski definition) is 5. The molecule has 1 unspecified atom stereocenters. The molecule has 6 heteroatoms. The summed E-state index contributed by atoms with van der Waals surface area (Å²) in [6, 6.07) is 13.5. The summed E-state index contributed by atoms with van der Waals surface area (Å²) in [6.07, 6.45) is 1.03. The van der Waals surface area contributed by atoms with Crippen molar-refractivity contribution in [2.24, 2.45) is 0 Å². The van der Waals surface area contributed by atoms with Crippen LogP contribution in [0.4, 0.5) is 5.69 Å². The molecular weight excluding hydrogens is 344 g/mol. The largest absolute Gasteiger partial charge is 0.358 e. The molecule has 5 rings (SSSR count). The molecular formula is C21H14N2O4. The predicted octanol–water partition coefficient (Wildman–Crippen LogP) is 3.51. The predicted molar refractivity (Wildman–Crippen MR) is 97.9 cm³/mol. The van der Waals surface area contributed by atoms with E-state index in [0.29, 0.717) is 29.6 Å². The first kappa shape index (κ1) is 15.7. The monoisotopic (exact) mass is 358 g/mol. The second-order valence-electron chi connectivity index (χ2n) is 6.89. The zero-order chi connectivity index (χ0) is 18.7. The van der Waals surface area contributed by atoms with Gasteiger partial charge >= 0.3 is 0 Å². The van der Waals surface area contributed by atoms with Gasteiger partial charge in [-0.2, -0.15) is 0 Å². The van der Waals surface area contributed by atoms with E-state index in [1.165, 1.54) is 12.1 Å². The maximum Gasteiger partial charge on any atom is 0.269 e. The first-order valence-electron chi connectivity index (χ1n) is 8.72. The topological polar surface area (TPSA) is 89.3 Å². The molecule has 0 aromatic heterocycles.